The summed E-state index contributed by atoms with van der Waals surface area (Å²) in [5.74, 6) is -0.0732. The molecule has 5 heterocycles. The Morgan fingerprint density at radius 3 is 2.42 bits per heavy atom. The maximum Gasteiger partial charge on any atom is 0.407 e. The van der Waals surface area contributed by atoms with Crippen LogP contribution in [-0.2, 0) is 46.4 Å². The Morgan fingerprint density at radius 2 is 1.69 bits per heavy atom. The second kappa shape index (κ2) is 16.1. The van der Waals surface area contributed by atoms with Crippen molar-refractivity contribution in [1.82, 2.24) is 25.0 Å². The lowest BCUT2D eigenvalue weighted by Crippen LogP contribution is -2.54. The average Bonchev–Trinajstić information content (AvgIpc) is 3.81. The van der Waals surface area contributed by atoms with Crippen LogP contribution in [0, 0.1) is 0 Å². The second-order valence-electron chi connectivity index (χ2n) is 13.7. The molecule has 2 aromatic heterocycles. The molecule has 1 N–H and O–H groups in total. The Kier molecular flexibility index (Phi) is 11.6. The number of amides is 5. The van der Waals surface area contributed by atoms with Gasteiger partial charge in [0, 0.05) is 84.8 Å². The number of carbonyl (C=O) groups excluding carboxylic acids is 5. The Bertz CT molecular complexity index is 1840. The molecule has 0 aliphatic carbocycles. The summed E-state index contributed by atoms with van der Waals surface area (Å²) >= 11 is 8.05. The van der Waals surface area contributed by atoms with Gasteiger partial charge in [0.15, 0.2) is 6.10 Å². The number of nitrogens with zero attached hydrogens (tertiary/aromatic N) is 4. The highest BCUT2D eigenvalue weighted by Crippen LogP contribution is 2.45. The van der Waals surface area contributed by atoms with Crippen molar-refractivity contribution in [1.29, 1.82) is 0 Å². The SMILES string of the molecule is CC(C)(C)OC(=O)NCCOCCOCC(=O)N1CCN(C(=O)[C@H]2Cc3cc(Cl)cc(-c4ccnc5cc(CN6C(=O)CCC6=O)sc45)c3O2)CC1. The molecule has 14 nitrogen and oxygen atoms in total. The summed E-state index contributed by atoms with van der Waals surface area (Å²) in [5, 5.41) is 3.12. The fraction of sp³-hybridized carbons (Fsp3) is 0.500. The number of piperazine rings is 1. The Hall–Kier alpha value is -4.31. The summed E-state index contributed by atoms with van der Waals surface area (Å²) in [5.41, 5.74) is 2.56. The lowest BCUT2D eigenvalue weighted by atomic mass is 10.0. The van der Waals surface area contributed by atoms with E-state index in [0.717, 1.165) is 31.8 Å². The minimum atomic E-state index is -0.736. The van der Waals surface area contributed by atoms with E-state index < -0.39 is 17.8 Å². The van der Waals surface area contributed by atoms with E-state index in [2.05, 4.69) is 10.3 Å². The molecule has 1 atom stereocenters. The Morgan fingerprint density at radius 1 is 0.981 bits per heavy atom. The highest BCUT2D eigenvalue weighted by atomic mass is 35.5. The standard InChI is InChI=1S/C36H42ClN5O9S/c1-36(2,3)51-35(47)39-8-13-48-14-15-49-21-31(45)40-9-11-41(12-10-40)34(46)28-17-22-16-23(37)18-26(32(22)50-28)25-6-7-38-27-19-24(52-33(25)27)20-42-29(43)4-5-30(42)44/h6-7,16,18-19,28H,4-5,8-15,17,20-21H2,1-3H3,(H,39,47)/t28-/m1/s1. The molecular weight excluding hydrogens is 714 g/mol. The van der Waals surface area contributed by atoms with Gasteiger partial charge < -0.3 is 34.1 Å². The predicted molar refractivity (Wildman–Crippen MR) is 192 cm³/mol. The number of thiophene rings is 1. The number of hydrogen-bond acceptors (Lipinski definition) is 11. The van der Waals surface area contributed by atoms with E-state index >= 15 is 0 Å². The van der Waals surface area contributed by atoms with Crippen molar-refractivity contribution in [2.75, 3.05) is 59.2 Å². The minimum Gasteiger partial charge on any atom is -0.479 e. The molecule has 278 valence electrons. The number of aromatic nitrogens is 1. The molecule has 0 bridgehead atoms. The number of ether oxygens (including phenoxy) is 4. The molecule has 3 aliphatic rings. The van der Waals surface area contributed by atoms with Crippen LogP contribution in [0.1, 0.15) is 44.1 Å². The summed E-state index contributed by atoms with van der Waals surface area (Å²) in [7, 11) is 0. The average molecular weight is 756 g/mol. The van der Waals surface area contributed by atoms with Crippen LogP contribution >= 0.6 is 22.9 Å². The van der Waals surface area contributed by atoms with Crippen molar-refractivity contribution in [3.8, 4) is 16.9 Å². The zero-order valence-corrected chi connectivity index (χ0v) is 31.0. The van der Waals surface area contributed by atoms with E-state index in [-0.39, 0.29) is 69.4 Å². The number of alkyl carbamates (subject to hydrolysis) is 1. The van der Waals surface area contributed by atoms with Crippen LogP contribution in [0.5, 0.6) is 5.75 Å². The van der Waals surface area contributed by atoms with E-state index in [1.54, 1.807) is 36.8 Å². The fourth-order valence-electron chi connectivity index (χ4n) is 6.28. The third-order valence-electron chi connectivity index (χ3n) is 8.75. The molecule has 0 unspecified atom stereocenters. The topological polar surface area (TPSA) is 157 Å². The number of rotatable bonds is 12. The van der Waals surface area contributed by atoms with Crippen molar-refractivity contribution in [2.45, 2.75) is 58.3 Å². The van der Waals surface area contributed by atoms with Gasteiger partial charge in [0.05, 0.1) is 36.6 Å². The van der Waals surface area contributed by atoms with Gasteiger partial charge in [-0.3, -0.25) is 29.1 Å². The lowest BCUT2D eigenvalue weighted by Gasteiger charge is -2.35. The van der Waals surface area contributed by atoms with Gasteiger partial charge in [0.2, 0.25) is 17.7 Å². The van der Waals surface area contributed by atoms with Crippen LogP contribution in [0.25, 0.3) is 21.3 Å². The Labute approximate surface area is 310 Å². The fourth-order valence-corrected chi connectivity index (χ4v) is 7.66. The molecule has 0 spiro atoms. The predicted octanol–water partition coefficient (Wildman–Crippen LogP) is 3.80. The summed E-state index contributed by atoms with van der Waals surface area (Å²) in [6, 6.07) is 7.40. The molecule has 0 saturated carbocycles. The summed E-state index contributed by atoms with van der Waals surface area (Å²) in [6.45, 7) is 8.03. The third kappa shape index (κ3) is 9.00. The molecule has 0 radical (unpaired) electrons. The molecule has 1 aromatic carbocycles. The number of halogens is 1. The van der Waals surface area contributed by atoms with E-state index in [9.17, 15) is 24.0 Å². The highest BCUT2D eigenvalue weighted by Gasteiger charge is 2.36. The van der Waals surface area contributed by atoms with E-state index in [4.69, 9.17) is 30.5 Å². The van der Waals surface area contributed by atoms with Crippen LogP contribution in [-0.4, -0.2) is 120 Å². The second-order valence-corrected chi connectivity index (χ2v) is 15.3. The first-order valence-electron chi connectivity index (χ1n) is 17.3. The number of imide groups is 1. The third-order valence-corrected chi connectivity index (χ3v) is 10.1. The van der Waals surface area contributed by atoms with Crippen LogP contribution in [0.15, 0.2) is 30.5 Å². The zero-order valence-electron chi connectivity index (χ0n) is 29.4. The molecular formula is C36H42ClN5O9S. The highest BCUT2D eigenvalue weighted by molar-refractivity contribution is 7.19. The first kappa shape index (κ1) is 37.4. The maximum atomic E-state index is 13.7. The van der Waals surface area contributed by atoms with Gasteiger partial charge in [-0.15, -0.1) is 11.3 Å². The molecule has 2 saturated heterocycles. The maximum absolute atomic E-state index is 13.7. The lowest BCUT2D eigenvalue weighted by molar-refractivity contribution is -0.145. The Balaban J connectivity index is 0.979. The molecule has 3 aromatic rings. The largest absolute Gasteiger partial charge is 0.479 e. The van der Waals surface area contributed by atoms with Crippen LogP contribution in [0.2, 0.25) is 5.02 Å². The van der Waals surface area contributed by atoms with Crippen molar-refractivity contribution < 1.29 is 42.9 Å². The van der Waals surface area contributed by atoms with Crippen LogP contribution in [0.3, 0.4) is 0 Å². The van der Waals surface area contributed by atoms with Crippen molar-refractivity contribution in [3.05, 3.63) is 45.9 Å². The summed E-state index contributed by atoms with van der Waals surface area (Å²) in [6.07, 6.45) is 1.28. The van der Waals surface area contributed by atoms with E-state index in [0.29, 0.717) is 49.9 Å². The summed E-state index contributed by atoms with van der Waals surface area (Å²) in [4.78, 5) is 72.5. The molecule has 16 heteroatoms. The van der Waals surface area contributed by atoms with Gasteiger partial charge in [-0.1, -0.05) is 11.6 Å². The molecule has 2 fully saturated rings. The normalized spacial score (nSPS) is 17.5. The number of likely N-dealkylation sites (tertiary alicyclic amines) is 1. The first-order chi connectivity index (χ1) is 24.9. The molecule has 52 heavy (non-hydrogen) atoms. The number of carbonyl (C=O) groups is 5. The first-order valence-corrected chi connectivity index (χ1v) is 18.4. The van der Waals surface area contributed by atoms with Crippen molar-refractivity contribution in [2.24, 2.45) is 0 Å². The molecule has 6 rings (SSSR count). The number of benzene rings is 1. The molecule has 3 aliphatic heterocycles. The number of pyridine rings is 1. The number of hydrogen-bond donors (Lipinski definition) is 1. The van der Waals surface area contributed by atoms with Crippen LogP contribution < -0.4 is 10.1 Å². The minimum absolute atomic E-state index is 0.0967. The van der Waals surface area contributed by atoms with E-state index in [1.165, 1.54) is 16.2 Å². The van der Waals surface area contributed by atoms with E-state index in [1.807, 2.05) is 24.3 Å². The molecule has 5 amide bonds. The van der Waals surface area contributed by atoms with Crippen molar-refractivity contribution in [3.63, 3.8) is 0 Å². The van der Waals surface area contributed by atoms with Gasteiger partial charge in [0.1, 0.15) is 18.0 Å². The summed E-state index contributed by atoms with van der Waals surface area (Å²) < 4.78 is 23.3. The van der Waals surface area contributed by atoms with Gasteiger partial charge in [-0.05, 0) is 45.0 Å². The van der Waals surface area contributed by atoms with Gasteiger partial charge >= 0.3 is 6.09 Å². The zero-order chi connectivity index (χ0) is 37.0. The smallest absolute Gasteiger partial charge is 0.407 e. The van der Waals surface area contributed by atoms with Crippen molar-refractivity contribution >= 4 is 62.9 Å². The number of fused-ring (bicyclic) bond motifs is 2. The quantitative estimate of drug-likeness (QED) is 0.213. The number of nitrogens with one attached hydrogen (secondary N) is 1. The van der Waals surface area contributed by atoms with Gasteiger partial charge in [0.25, 0.3) is 5.91 Å². The monoisotopic (exact) mass is 755 g/mol. The van der Waals surface area contributed by atoms with Gasteiger partial charge in [-0.2, -0.15) is 0 Å². The van der Waals surface area contributed by atoms with Crippen LogP contribution in [0.4, 0.5) is 4.79 Å². The van der Waals surface area contributed by atoms with Gasteiger partial charge in [-0.25, -0.2) is 4.79 Å².